The first-order valence-corrected chi connectivity index (χ1v) is 11.3. The lowest BCUT2D eigenvalue weighted by molar-refractivity contribution is -0.136. The van der Waals surface area contributed by atoms with E-state index in [1.807, 2.05) is 62.4 Å². The second-order valence-corrected chi connectivity index (χ2v) is 9.32. The Balaban J connectivity index is 1.70. The highest BCUT2D eigenvalue weighted by Gasteiger charge is 2.50. The van der Waals surface area contributed by atoms with Crippen molar-refractivity contribution in [2.24, 2.45) is 0 Å². The molecule has 0 fully saturated rings. The minimum Gasteiger partial charge on any atom is -0.477 e. The van der Waals surface area contributed by atoms with E-state index in [1.54, 1.807) is 25.9 Å². The minimum absolute atomic E-state index is 0.0242. The van der Waals surface area contributed by atoms with Crippen LogP contribution < -0.4 is 5.32 Å². The Morgan fingerprint density at radius 3 is 2.37 bits per heavy atom. The number of hydrogen-bond donors (Lipinski definition) is 4. The van der Waals surface area contributed by atoms with Crippen LogP contribution in [0.4, 0.5) is 0 Å². The van der Waals surface area contributed by atoms with Crippen LogP contribution in [-0.2, 0) is 16.1 Å². The summed E-state index contributed by atoms with van der Waals surface area (Å²) < 4.78 is 5.60. The van der Waals surface area contributed by atoms with Crippen molar-refractivity contribution in [1.29, 1.82) is 0 Å². The Hall–Kier alpha value is -3.76. The number of H-pyrrole nitrogens is 1. The molecule has 1 aliphatic rings. The van der Waals surface area contributed by atoms with Crippen LogP contribution in [0.5, 0.6) is 0 Å². The predicted octanol–water partition coefficient (Wildman–Crippen LogP) is 2.76. The van der Waals surface area contributed by atoms with Crippen LogP contribution in [0.15, 0.2) is 59.9 Å². The number of rotatable bonds is 8. The van der Waals surface area contributed by atoms with Gasteiger partial charge in [0.25, 0.3) is 0 Å². The molecule has 2 aromatic carbocycles. The molecule has 4 N–H and O–H groups in total. The van der Waals surface area contributed by atoms with Crippen molar-refractivity contribution in [3.05, 3.63) is 65.5 Å². The number of aliphatic hydroxyl groups is 1. The molecule has 0 radical (unpaired) electrons. The summed E-state index contributed by atoms with van der Waals surface area (Å²) >= 11 is 0. The lowest BCUT2D eigenvalue weighted by Crippen LogP contribution is -2.59. The molecule has 4 rings (SSSR count). The molecule has 2 heterocycles. The largest absolute Gasteiger partial charge is 0.477 e. The molecule has 0 saturated carbocycles. The number of nitrogens with one attached hydrogen (secondary N) is 2. The number of aliphatic carboxylic acids is 1. The number of carboxylic acids is 1. The number of hydrogen-bond acceptors (Lipinski definition) is 8. The fraction of sp³-hybridized carbons (Fsp3) is 0.360. The van der Waals surface area contributed by atoms with Gasteiger partial charge >= 0.3 is 5.97 Å². The van der Waals surface area contributed by atoms with Crippen molar-refractivity contribution in [3.63, 3.8) is 0 Å². The summed E-state index contributed by atoms with van der Waals surface area (Å²) in [6.45, 7) is 7.17. The van der Waals surface area contributed by atoms with Crippen molar-refractivity contribution in [2.45, 2.75) is 51.6 Å². The third-order valence-corrected chi connectivity index (χ3v) is 6.54. The number of carbonyl (C=O) groups is 1. The number of methoxy groups -OCH3 is 1. The van der Waals surface area contributed by atoms with Gasteiger partial charge < -0.3 is 25.2 Å². The van der Waals surface area contributed by atoms with Crippen LogP contribution in [0.2, 0.25) is 0 Å². The van der Waals surface area contributed by atoms with E-state index < -0.39 is 17.2 Å². The summed E-state index contributed by atoms with van der Waals surface area (Å²) in [6, 6.07) is 15.7. The van der Waals surface area contributed by atoms with Gasteiger partial charge in [0.05, 0.1) is 11.8 Å². The average molecular weight is 479 g/mol. The molecular formula is C25H30N6O4. The van der Waals surface area contributed by atoms with Crippen LogP contribution in [0.3, 0.4) is 0 Å². The van der Waals surface area contributed by atoms with Gasteiger partial charge in [-0.1, -0.05) is 48.5 Å². The van der Waals surface area contributed by atoms with E-state index in [-0.39, 0.29) is 17.5 Å². The SMILES string of the molecule is COC(C)C1(C)NC(C(C)(C)O)=C(C(=O)O)N1Cc1ccc(-c2ccccc2-c2nnn[nH]2)cc1. The van der Waals surface area contributed by atoms with Gasteiger partial charge in [-0.25, -0.2) is 9.89 Å². The van der Waals surface area contributed by atoms with Crippen LogP contribution in [0, 0.1) is 0 Å². The van der Waals surface area contributed by atoms with Crippen LogP contribution >= 0.6 is 0 Å². The molecule has 2 atom stereocenters. The molecule has 0 amide bonds. The lowest BCUT2D eigenvalue weighted by Gasteiger charge is -2.42. The number of benzene rings is 2. The molecule has 3 aromatic rings. The molecule has 1 aliphatic heterocycles. The topological polar surface area (TPSA) is 136 Å². The quantitative estimate of drug-likeness (QED) is 0.385. The fourth-order valence-corrected chi connectivity index (χ4v) is 4.39. The predicted molar refractivity (Wildman–Crippen MR) is 130 cm³/mol. The Bertz CT molecular complexity index is 1230. The number of ether oxygens (including phenoxy) is 1. The van der Waals surface area contributed by atoms with Gasteiger partial charge in [0.2, 0.25) is 0 Å². The van der Waals surface area contributed by atoms with E-state index in [2.05, 4.69) is 25.9 Å². The van der Waals surface area contributed by atoms with Crippen molar-refractivity contribution in [3.8, 4) is 22.5 Å². The second-order valence-electron chi connectivity index (χ2n) is 9.32. The number of nitrogens with zero attached hydrogens (tertiary/aromatic N) is 4. The summed E-state index contributed by atoms with van der Waals surface area (Å²) in [5.41, 5.74) is 1.73. The number of tetrazole rings is 1. The third-order valence-electron chi connectivity index (χ3n) is 6.54. The maximum atomic E-state index is 12.3. The molecule has 35 heavy (non-hydrogen) atoms. The van der Waals surface area contributed by atoms with E-state index >= 15 is 0 Å². The standard InChI is InChI=1S/C25H30N6O4/c1-15(35-5)25(4)26-21(24(2,3)34)20(23(32)33)31(25)14-16-10-12-17(13-11-16)18-8-6-7-9-19(18)22-27-29-30-28-22/h6-13,15,26,34H,14H2,1-5H3,(H,32,33)(H,27,28,29,30). The highest BCUT2D eigenvalue weighted by molar-refractivity contribution is 5.88. The summed E-state index contributed by atoms with van der Waals surface area (Å²) in [6.07, 6.45) is -0.377. The van der Waals surface area contributed by atoms with E-state index in [9.17, 15) is 15.0 Å². The van der Waals surface area contributed by atoms with Crippen LogP contribution in [0.25, 0.3) is 22.5 Å². The monoisotopic (exact) mass is 478 g/mol. The van der Waals surface area contributed by atoms with Crippen LogP contribution in [-0.4, -0.2) is 66.2 Å². The summed E-state index contributed by atoms with van der Waals surface area (Å²) in [7, 11) is 1.58. The van der Waals surface area contributed by atoms with Gasteiger partial charge in [0.15, 0.2) is 5.82 Å². The highest BCUT2D eigenvalue weighted by Crippen LogP contribution is 2.38. The molecule has 0 saturated heterocycles. The molecular weight excluding hydrogens is 448 g/mol. The van der Waals surface area contributed by atoms with Crippen molar-refractivity contribution in [2.75, 3.05) is 7.11 Å². The van der Waals surface area contributed by atoms with Gasteiger partial charge in [-0.2, -0.15) is 0 Å². The maximum Gasteiger partial charge on any atom is 0.354 e. The van der Waals surface area contributed by atoms with Crippen molar-refractivity contribution >= 4 is 5.97 Å². The zero-order valence-corrected chi connectivity index (χ0v) is 20.4. The number of aromatic amines is 1. The molecule has 0 aliphatic carbocycles. The molecule has 10 nitrogen and oxygen atoms in total. The summed E-state index contributed by atoms with van der Waals surface area (Å²) in [5, 5.41) is 38.2. The van der Waals surface area contributed by atoms with Gasteiger partial charge in [0.1, 0.15) is 17.0 Å². The maximum absolute atomic E-state index is 12.3. The smallest absolute Gasteiger partial charge is 0.354 e. The van der Waals surface area contributed by atoms with E-state index in [0.29, 0.717) is 12.4 Å². The minimum atomic E-state index is -1.37. The average Bonchev–Trinajstić information content (AvgIpc) is 3.46. The van der Waals surface area contributed by atoms with E-state index in [1.165, 1.54) is 0 Å². The van der Waals surface area contributed by atoms with E-state index in [4.69, 9.17) is 4.74 Å². The molecule has 2 unspecified atom stereocenters. The van der Waals surface area contributed by atoms with Crippen molar-refractivity contribution in [1.82, 2.24) is 30.8 Å². The Labute approximate surface area is 203 Å². The molecule has 0 bridgehead atoms. The Morgan fingerprint density at radius 1 is 1.17 bits per heavy atom. The normalized spacial score (nSPS) is 19.1. The van der Waals surface area contributed by atoms with Gasteiger partial charge in [-0.3, -0.25) is 0 Å². The molecule has 1 aromatic heterocycles. The van der Waals surface area contributed by atoms with Crippen LogP contribution in [0.1, 0.15) is 33.3 Å². The molecule has 10 heteroatoms. The van der Waals surface area contributed by atoms with E-state index in [0.717, 1.165) is 22.3 Å². The zero-order chi connectivity index (χ0) is 25.4. The molecule has 0 spiro atoms. The highest BCUT2D eigenvalue weighted by atomic mass is 16.5. The van der Waals surface area contributed by atoms with Gasteiger partial charge in [0, 0.05) is 19.2 Å². The lowest BCUT2D eigenvalue weighted by atomic mass is 9.97. The Kier molecular flexibility index (Phi) is 6.35. The first-order chi connectivity index (χ1) is 16.6. The first-order valence-electron chi connectivity index (χ1n) is 11.3. The number of carboxylic acid groups (broad SMARTS) is 1. The van der Waals surface area contributed by atoms with Crippen molar-refractivity contribution < 1.29 is 19.7 Å². The van der Waals surface area contributed by atoms with Gasteiger partial charge in [-0.15, -0.1) is 5.10 Å². The fourth-order valence-electron chi connectivity index (χ4n) is 4.39. The summed E-state index contributed by atoms with van der Waals surface area (Å²) in [4.78, 5) is 14.1. The summed E-state index contributed by atoms with van der Waals surface area (Å²) in [5.74, 6) is -0.541. The zero-order valence-electron chi connectivity index (χ0n) is 20.4. The second kappa shape index (κ2) is 9.12. The van der Waals surface area contributed by atoms with Gasteiger partial charge in [-0.05, 0) is 54.8 Å². The first kappa shape index (κ1) is 24.4. The third kappa shape index (κ3) is 4.50. The molecule has 184 valence electrons. The Morgan fingerprint density at radius 2 is 1.83 bits per heavy atom. The number of aromatic nitrogens is 4.